The van der Waals surface area contributed by atoms with E-state index in [1.165, 1.54) is 0 Å². The number of anilines is 1. The van der Waals surface area contributed by atoms with Crippen LogP contribution in [-0.2, 0) is 0 Å². The van der Waals surface area contributed by atoms with E-state index in [2.05, 4.69) is 10.5 Å². The predicted molar refractivity (Wildman–Crippen MR) is 52.8 cm³/mol. The van der Waals surface area contributed by atoms with Gasteiger partial charge in [0.15, 0.2) is 11.6 Å². The van der Waals surface area contributed by atoms with Gasteiger partial charge in [0.1, 0.15) is 17.3 Å². The van der Waals surface area contributed by atoms with Crippen molar-refractivity contribution >= 4 is 11.5 Å². The van der Waals surface area contributed by atoms with Gasteiger partial charge >= 0.3 is 0 Å². The lowest BCUT2D eigenvalue weighted by Gasteiger charge is -2.08. The summed E-state index contributed by atoms with van der Waals surface area (Å²) < 4.78 is 38.7. The molecule has 0 saturated heterocycles. The van der Waals surface area contributed by atoms with Gasteiger partial charge in [0, 0.05) is 25.1 Å². The number of hydrogen-bond acceptors (Lipinski definition) is 3. The number of amidine groups is 1. The Balaban J connectivity index is 2.67. The molecule has 4 N–H and O–H groups in total. The molecule has 7 heteroatoms. The van der Waals surface area contributed by atoms with Crippen molar-refractivity contribution in [2.45, 2.75) is 6.42 Å². The molecule has 88 valence electrons. The smallest absolute Gasteiger partial charge is 0.152 e. The topological polar surface area (TPSA) is 70.6 Å². The molecular formula is C9H10F3N3O. The van der Waals surface area contributed by atoms with Crippen molar-refractivity contribution in [1.82, 2.24) is 0 Å². The molecule has 0 radical (unpaired) electrons. The van der Waals surface area contributed by atoms with Crippen LogP contribution in [0.3, 0.4) is 0 Å². The number of nitrogens with one attached hydrogen (secondary N) is 1. The van der Waals surface area contributed by atoms with E-state index in [9.17, 15) is 13.2 Å². The Hall–Kier alpha value is -1.92. The van der Waals surface area contributed by atoms with E-state index >= 15 is 0 Å². The molecule has 1 rings (SSSR count). The minimum atomic E-state index is -1.03. The second-order valence-corrected chi connectivity index (χ2v) is 3.01. The Labute approximate surface area is 89.6 Å². The fraction of sp³-hybridized carbons (Fsp3) is 0.222. The summed E-state index contributed by atoms with van der Waals surface area (Å²) in [6.45, 7) is 0.0648. The van der Waals surface area contributed by atoms with Gasteiger partial charge in [-0.15, -0.1) is 0 Å². The highest BCUT2D eigenvalue weighted by Gasteiger charge is 2.10. The fourth-order valence-electron chi connectivity index (χ4n) is 1.08. The highest BCUT2D eigenvalue weighted by molar-refractivity contribution is 5.80. The van der Waals surface area contributed by atoms with E-state index in [0.29, 0.717) is 12.1 Å². The summed E-state index contributed by atoms with van der Waals surface area (Å²) in [6, 6.07) is 1.13. The van der Waals surface area contributed by atoms with Crippen LogP contribution in [0.15, 0.2) is 17.3 Å². The molecule has 0 aromatic heterocycles. The van der Waals surface area contributed by atoms with Crippen LogP contribution in [0.5, 0.6) is 0 Å². The summed E-state index contributed by atoms with van der Waals surface area (Å²) in [5.41, 5.74) is 4.71. The quantitative estimate of drug-likeness (QED) is 0.320. The maximum atomic E-state index is 13.1. The van der Waals surface area contributed by atoms with Crippen LogP contribution < -0.4 is 11.1 Å². The standard InChI is InChI=1S/C9H10F3N3O/c10-5-3-6(11)9(7(12)4-5)14-2-1-8(13)15-16/h3-4,14,16H,1-2H2,(H2,13,15). The van der Waals surface area contributed by atoms with Crippen LogP contribution in [0.1, 0.15) is 6.42 Å². The van der Waals surface area contributed by atoms with E-state index < -0.39 is 23.1 Å². The van der Waals surface area contributed by atoms with Gasteiger partial charge in [0.2, 0.25) is 0 Å². The zero-order chi connectivity index (χ0) is 12.1. The Kier molecular flexibility index (Phi) is 3.98. The maximum absolute atomic E-state index is 13.1. The molecule has 1 aromatic rings. The zero-order valence-corrected chi connectivity index (χ0v) is 8.17. The molecule has 0 aliphatic carbocycles. The van der Waals surface area contributed by atoms with E-state index in [-0.39, 0.29) is 18.8 Å². The van der Waals surface area contributed by atoms with Crippen molar-refractivity contribution in [2.24, 2.45) is 10.9 Å². The molecule has 0 aliphatic heterocycles. The van der Waals surface area contributed by atoms with Crippen molar-refractivity contribution < 1.29 is 18.4 Å². The molecule has 1 aromatic carbocycles. The third kappa shape index (κ3) is 3.04. The summed E-state index contributed by atoms with van der Waals surface area (Å²) in [5.74, 6) is -3.12. The van der Waals surface area contributed by atoms with E-state index in [1.54, 1.807) is 0 Å². The lowest BCUT2D eigenvalue weighted by atomic mass is 10.2. The summed E-state index contributed by atoms with van der Waals surface area (Å²) >= 11 is 0. The third-order valence-electron chi connectivity index (χ3n) is 1.82. The first-order valence-electron chi connectivity index (χ1n) is 4.39. The Morgan fingerprint density at radius 2 is 1.88 bits per heavy atom. The number of nitrogens with zero attached hydrogens (tertiary/aromatic N) is 1. The largest absolute Gasteiger partial charge is 0.409 e. The molecule has 0 aliphatic rings. The molecule has 16 heavy (non-hydrogen) atoms. The molecule has 4 nitrogen and oxygen atoms in total. The van der Waals surface area contributed by atoms with Gasteiger partial charge in [-0.2, -0.15) is 0 Å². The second-order valence-electron chi connectivity index (χ2n) is 3.01. The molecule has 0 spiro atoms. The molecular weight excluding hydrogens is 223 g/mol. The lowest BCUT2D eigenvalue weighted by Crippen LogP contribution is -2.17. The van der Waals surface area contributed by atoms with Gasteiger partial charge < -0.3 is 16.3 Å². The molecule has 0 saturated carbocycles. The van der Waals surface area contributed by atoms with Crippen LogP contribution in [0.25, 0.3) is 0 Å². The average molecular weight is 233 g/mol. The Morgan fingerprint density at radius 1 is 1.31 bits per heavy atom. The van der Waals surface area contributed by atoms with Crippen molar-refractivity contribution in [3.63, 3.8) is 0 Å². The highest BCUT2D eigenvalue weighted by atomic mass is 19.1. The van der Waals surface area contributed by atoms with Crippen LogP contribution in [0.4, 0.5) is 18.9 Å². The third-order valence-corrected chi connectivity index (χ3v) is 1.82. The van der Waals surface area contributed by atoms with Gasteiger partial charge in [-0.05, 0) is 0 Å². The van der Waals surface area contributed by atoms with Gasteiger partial charge in [0.05, 0.1) is 0 Å². The minimum absolute atomic E-state index is 0.0648. The first kappa shape index (κ1) is 12.2. The lowest BCUT2D eigenvalue weighted by molar-refractivity contribution is 0.317. The van der Waals surface area contributed by atoms with Gasteiger partial charge in [-0.3, -0.25) is 0 Å². The summed E-state index contributed by atoms with van der Waals surface area (Å²) in [6.07, 6.45) is 0.104. The molecule has 0 atom stereocenters. The molecule has 0 amide bonds. The minimum Gasteiger partial charge on any atom is -0.409 e. The predicted octanol–water partition coefficient (Wildman–Crippen LogP) is 1.65. The van der Waals surface area contributed by atoms with E-state index in [1.807, 2.05) is 0 Å². The van der Waals surface area contributed by atoms with Crippen LogP contribution in [0, 0.1) is 17.5 Å². The maximum Gasteiger partial charge on any atom is 0.152 e. The van der Waals surface area contributed by atoms with Gasteiger partial charge in [-0.1, -0.05) is 5.16 Å². The number of nitrogens with two attached hydrogens (primary N) is 1. The normalized spacial score (nSPS) is 11.6. The summed E-state index contributed by atoms with van der Waals surface area (Å²) in [4.78, 5) is 0. The van der Waals surface area contributed by atoms with Crippen LogP contribution >= 0.6 is 0 Å². The van der Waals surface area contributed by atoms with Crippen molar-refractivity contribution in [3.05, 3.63) is 29.6 Å². The number of hydrogen-bond donors (Lipinski definition) is 3. The fourth-order valence-corrected chi connectivity index (χ4v) is 1.08. The number of halogens is 3. The first-order chi connectivity index (χ1) is 7.54. The highest BCUT2D eigenvalue weighted by Crippen LogP contribution is 2.19. The summed E-state index contributed by atoms with van der Waals surface area (Å²) in [5, 5.41) is 13.3. The van der Waals surface area contributed by atoms with E-state index in [0.717, 1.165) is 0 Å². The summed E-state index contributed by atoms with van der Waals surface area (Å²) in [7, 11) is 0. The van der Waals surface area contributed by atoms with Crippen LogP contribution in [-0.4, -0.2) is 17.6 Å². The monoisotopic (exact) mass is 233 g/mol. The Bertz CT molecular complexity index is 386. The first-order valence-corrected chi connectivity index (χ1v) is 4.39. The number of benzene rings is 1. The zero-order valence-electron chi connectivity index (χ0n) is 8.17. The average Bonchev–Trinajstić information content (AvgIpc) is 2.21. The SMILES string of the molecule is NC(CCNc1c(F)cc(F)cc1F)=NO. The van der Waals surface area contributed by atoms with Crippen molar-refractivity contribution in [2.75, 3.05) is 11.9 Å². The van der Waals surface area contributed by atoms with E-state index in [4.69, 9.17) is 10.9 Å². The molecule has 0 heterocycles. The molecule has 0 unspecified atom stereocenters. The number of oxime groups is 1. The molecule has 0 fully saturated rings. The van der Waals surface area contributed by atoms with Gasteiger partial charge in [-0.25, -0.2) is 13.2 Å². The second kappa shape index (κ2) is 5.24. The van der Waals surface area contributed by atoms with Crippen LogP contribution in [0.2, 0.25) is 0 Å². The number of rotatable bonds is 4. The molecule has 0 bridgehead atoms. The van der Waals surface area contributed by atoms with Gasteiger partial charge in [0.25, 0.3) is 0 Å². The van der Waals surface area contributed by atoms with Crippen molar-refractivity contribution in [1.29, 1.82) is 0 Å². The van der Waals surface area contributed by atoms with Crippen molar-refractivity contribution in [3.8, 4) is 0 Å². The Morgan fingerprint density at radius 3 is 2.38 bits per heavy atom.